The average molecular weight is 398 g/mol. The number of guanidine groups is 1. The van der Waals surface area contributed by atoms with Crippen LogP contribution in [0, 0.1) is 0 Å². The Kier molecular flexibility index (Phi) is 8.82. The fourth-order valence-electron chi connectivity index (χ4n) is 3.77. The van der Waals surface area contributed by atoms with Crippen molar-refractivity contribution in [3.63, 3.8) is 0 Å². The van der Waals surface area contributed by atoms with E-state index in [-0.39, 0.29) is 12.1 Å². The van der Waals surface area contributed by atoms with Crippen LogP contribution in [0.25, 0.3) is 0 Å². The second-order valence-corrected chi connectivity index (χ2v) is 8.60. The van der Waals surface area contributed by atoms with Gasteiger partial charge in [-0.15, -0.1) is 0 Å². The van der Waals surface area contributed by atoms with E-state index in [1.165, 1.54) is 12.8 Å². The van der Waals surface area contributed by atoms with Crippen LogP contribution in [0.3, 0.4) is 0 Å². The molecule has 0 aliphatic carbocycles. The van der Waals surface area contributed by atoms with Crippen molar-refractivity contribution in [1.29, 1.82) is 0 Å². The van der Waals surface area contributed by atoms with E-state index in [1.54, 1.807) is 7.11 Å². The first-order valence-corrected chi connectivity index (χ1v) is 10.6. The van der Waals surface area contributed by atoms with Crippen molar-refractivity contribution in [1.82, 2.24) is 20.4 Å². The number of aliphatic imine (C=N–C) groups is 1. The number of ether oxygens (including phenoxy) is 2. The molecule has 2 fully saturated rings. The molecule has 0 aromatic rings. The summed E-state index contributed by atoms with van der Waals surface area (Å²) in [7, 11) is 1.75. The van der Waals surface area contributed by atoms with Crippen molar-refractivity contribution < 1.29 is 14.3 Å². The van der Waals surface area contributed by atoms with Crippen molar-refractivity contribution in [2.75, 3.05) is 53.0 Å². The van der Waals surface area contributed by atoms with E-state index in [0.29, 0.717) is 6.04 Å². The number of nitrogens with zero attached hydrogens (tertiary/aromatic N) is 3. The molecular formula is C20H39N5O3. The van der Waals surface area contributed by atoms with E-state index in [9.17, 15) is 4.79 Å². The second-order valence-electron chi connectivity index (χ2n) is 8.60. The van der Waals surface area contributed by atoms with E-state index < -0.39 is 5.60 Å². The summed E-state index contributed by atoms with van der Waals surface area (Å²) < 4.78 is 10.6. The zero-order valence-electron chi connectivity index (χ0n) is 18.3. The van der Waals surface area contributed by atoms with E-state index in [0.717, 1.165) is 58.3 Å². The molecule has 1 amide bonds. The van der Waals surface area contributed by atoms with Crippen molar-refractivity contribution in [2.24, 2.45) is 4.99 Å². The highest BCUT2D eigenvalue weighted by molar-refractivity contribution is 5.80. The number of methoxy groups -OCH3 is 1. The van der Waals surface area contributed by atoms with Crippen molar-refractivity contribution in [3.8, 4) is 0 Å². The van der Waals surface area contributed by atoms with E-state index >= 15 is 0 Å². The Labute approximate surface area is 170 Å². The van der Waals surface area contributed by atoms with Crippen LogP contribution in [0.4, 0.5) is 4.79 Å². The molecule has 8 heteroatoms. The third kappa shape index (κ3) is 7.47. The minimum absolute atomic E-state index is 0.0865. The Balaban J connectivity index is 1.87. The van der Waals surface area contributed by atoms with Gasteiger partial charge in [-0.05, 0) is 53.5 Å². The van der Waals surface area contributed by atoms with Crippen LogP contribution in [-0.4, -0.2) is 92.5 Å². The molecular weight excluding hydrogens is 358 g/mol. The van der Waals surface area contributed by atoms with Crippen molar-refractivity contribution >= 4 is 12.1 Å². The molecule has 0 spiro atoms. The molecule has 2 unspecified atom stereocenters. The van der Waals surface area contributed by atoms with E-state index in [1.807, 2.05) is 20.8 Å². The summed E-state index contributed by atoms with van der Waals surface area (Å²) in [5, 5.41) is 6.39. The maximum absolute atomic E-state index is 12.0. The third-order valence-corrected chi connectivity index (χ3v) is 5.08. The van der Waals surface area contributed by atoms with Gasteiger partial charge in [0.1, 0.15) is 5.60 Å². The number of amides is 1. The van der Waals surface area contributed by atoms with Gasteiger partial charge < -0.3 is 25.0 Å². The largest absolute Gasteiger partial charge is 0.444 e. The number of likely N-dealkylation sites (tertiary alicyclic amines) is 2. The third-order valence-electron chi connectivity index (χ3n) is 5.08. The Morgan fingerprint density at radius 2 is 2.04 bits per heavy atom. The molecule has 0 bridgehead atoms. The van der Waals surface area contributed by atoms with Crippen LogP contribution in [-0.2, 0) is 9.47 Å². The molecule has 8 nitrogen and oxygen atoms in total. The molecule has 2 atom stereocenters. The maximum Gasteiger partial charge on any atom is 0.407 e. The predicted octanol–water partition coefficient (Wildman–Crippen LogP) is 1.66. The van der Waals surface area contributed by atoms with Gasteiger partial charge in [0.25, 0.3) is 0 Å². The summed E-state index contributed by atoms with van der Waals surface area (Å²) in [6, 6.07) is 0.575. The number of rotatable bonds is 7. The monoisotopic (exact) mass is 397 g/mol. The normalized spacial score (nSPS) is 23.9. The van der Waals surface area contributed by atoms with Gasteiger partial charge in [0, 0.05) is 39.3 Å². The molecule has 2 rings (SSSR count). The number of hydrogen-bond donors (Lipinski definition) is 2. The Bertz CT molecular complexity index is 520. The van der Waals surface area contributed by atoms with Gasteiger partial charge in [-0.2, -0.15) is 0 Å². The molecule has 0 aromatic heterocycles. The van der Waals surface area contributed by atoms with Gasteiger partial charge in [0.05, 0.1) is 19.2 Å². The Morgan fingerprint density at radius 1 is 1.25 bits per heavy atom. The van der Waals surface area contributed by atoms with Crippen LogP contribution >= 0.6 is 0 Å². The minimum atomic E-state index is -0.477. The lowest BCUT2D eigenvalue weighted by atomic mass is 10.2. The first-order chi connectivity index (χ1) is 13.3. The molecule has 0 saturated carbocycles. The summed E-state index contributed by atoms with van der Waals surface area (Å²) in [6.45, 7) is 13.8. The lowest BCUT2D eigenvalue weighted by Gasteiger charge is -2.25. The highest BCUT2D eigenvalue weighted by Crippen LogP contribution is 2.18. The van der Waals surface area contributed by atoms with Gasteiger partial charge in [0.15, 0.2) is 5.96 Å². The van der Waals surface area contributed by atoms with Crippen molar-refractivity contribution in [3.05, 3.63) is 0 Å². The molecule has 2 N–H and O–H groups in total. The first kappa shape index (κ1) is 22.7. The predicted molar refractivity (Wildman–Crippen MR) is 112 cm³/mol. The molecule has 2 saturated heterocycles. The first-order valence-electron chi connectivity index (χ1n) is 10.6. The van der Waals surface area contributed by atoms with Gasteiger partial charge in [-0.3, -0.25) is 9.89 Å². The topological polar surface area (TPSA) is 78.4 Å². The van der Waals surface area contributed by atoms with E-state index in [4.69, 9.17) is 14.5 Å². The average Bonchev–Trinajstić information content (AvgIpc) is 3.24. The highest BCUT2D eigenvalue weighted by atomic mass is 16.6. The van der Waals surface area contributed by atoms with E-state index in [2.05, 4.69) is 27.4 Å². The fraction of sp³-hybridized carbons (Fsp3) is 0.900. The molecule has 0 aromatic carbocycles. The summed E-state index contributed by atoms with van der Waals surface area (Å²) in [4.78, 5) is 21.7. The lowest BCUT2D eigenvalue weighted by Crippen LogP contribution is -2.44. The number of carbonyl (C=O) groups is 1. The molecule has 28 heavy (non-hydrogen) atoms. The molecule has 162 valence electrons. The number of alkyl carbamates (subject to hydrolysis) is 1. The zero-order valence-corrected chi connectivity index (χ0v) is 18.3. The Morgan fingerprint density at radius 3 is 2.71 bits per heavy atom. The van der Waals surface area contributed by atoms with Gasteiger partial charge in [-0.1, -0.05) is 0 Å². The highest BCUT2D eigenvalue weighted by Gasteiger charge is 2.29. The van der Waals surface area contributed by atoms with Crippen LogP contribution in [0.5, 0.6) is 0 Å². The van der Waals surface area contributed by atoms with Crippen LogP contribution in [0.1, 0.15) is 47.0 Å². The van der Waals surface area contributed by atoms with Crippen molar-refractivity contribution in [2.45, 2.75) is 64.6 Å². The minimum Gasteiger partial charge on any atom is -0.444 e. The Hall–Kier alpha value is -1.54. The fourth-order valence-corrected chi connectivity index (χ4v) is 3.77. The molecule has 2 aliphatic heterocycles. The summed E-state index contributed by atoms with van der Waals surface area (Å²) >= 11 is 0. The standard InChI is InChI=1S/C20H39N5O3/c1-6-21-18(22-14-17-8-7-10-24(17)12-13-27-5)25-11-9-16(15-25)23-19(26)28-20(2,3)4/h16-17H,6-15H2,1-5H3,(H,21,22)(H,23,26). The summed E-state index contributed by atoms with van der Waals surface area (Å²) in [5.74, 6) is 0.939. The SMILES string of the molecule is CCNC(=NCC1CCCN1CCOC)N1CCC(NC(=O)OC(C)(C)C)C1. The second kappa shape index (κ2) is 10.9. The van der Waals surface area contributed by atoms with Crippen LogP contribution in [0.15, 0.2) is 4.99 Å². The maximum atomic E-state index is 12.0. The number of hydrogen-bond acceptors (Lipinski definition) is 5. The molecule has 2 aliphatic rings. The van der Waals surface area contributed by atoms with Crippen LogP contribution < -0.4 is 10.6 Å². The quantitative estimate of drug-likeness (QED) is 0.503. The van der Waals surface area contributed by atoms with Gasteiger partial charge in [0.2, 0.25) is 0 Å². The summed E-state index contributed by atoms with van der Waals surface area (Å²) in [6.07, 6.45) is 2.97. The number of nitrogens with one attached hydrogen (secondary N) is 2. The van der Waals surface area contributed by atoms with Crippen LogP contribution in [0.2, 0.25) is 0 Å². The smallest absolute Gasteiger partial charge is 0.407 e. The zero-order chi connectivity index (χ0) is 20.6. The molecule has 2 heterocycles. The van der Waals surface area contributed by atoms with Gasteiger partial charge in [-0.25, -0.2) is 4.79 Å². The lowest BCUT2D eigenvalue weighted by molar-refractivity contribution is 0.0507. The molecule has 0 radical (unpaired) electrons. The summed E-state index contributed by atoms with van der Waals surface area (Å²) in [5.41, 5.74) is -0.477. The number of carbonyl (C=O) groups excluding carboxylic acids is 1. The van der Waals surface area contributed by atoms with Gasteiger partial charge >= 0.3 is 6.09 Å².